The molecule has 1 aromatic heterocycles. The quantitative estimate of drug-likeness (QED) is 0.866. The molecule has 0 saturated carbocycles. The maximum absolute atomic E-state index is 12.0. The molecule has 0 radical (unpaired) electrons. The molecule has 2 aromatic rings. The van der Waals surface area contributed by atoms with Crippen molar-refractivity contribution in [2.75, 3.05) is 5.32 Å². The summed E-state index contributed by atoms with van der Waals surface area (Å²) in [5, 5.41) is 10.9. The molecular weight excluding hydrogens is 254 g/mol. The van der Waals surface area contributed by atoms with Crippen LogP contribution >= 0.6 is 0 Å². The molecule has 6 nitrogen and oxygen atoms in total. The number of hydrogen-bond donors (Lipinski definition) is 2. The number of nitrogens with zero attached hydrogens (tertiary/aromatic N) is 3. The van der Waals surface area contributed by atoms with Gasteiger partial charge in [-0.05, 0) is 30.2 Å². The number of nitrogens with one attached hydrogen (secondary N) is 1. The molecule has 0 unspecified atom stereocenters. The van der Waals surface area contributed by atoms with Gasteiger partial charge in [0.05, 0.1) is 24.1 Å². The van der Waals surface area contributed by atoms with Gasteiger partial charge in [-0.3, -0.25) is 4.79 Å². The highest BCUT2D eigenvalue weighted by Crippen LogP contribution is 2.13. The molecule has 0 fully saturated rings. The Kier molecular flexibility index (Phi) is 4.47. The molecule has 0 spiro atoms. The van der Waals surface area contributed by atoms with E-state index in [4.69, 9.17) is 5.73 Å². The average Bonchev–Trinajstić information content (AvgIpc) is 3.00. The lowest BCUT2D eigenvalue weighted by molar-refractivity contribution is -0.118. The van der Waals surface area contributed by atoms with Crippen LogP contribution < -0.4 is 11.1 Å². The Hall–Kier alpha value is -2.21. The minimum Gasteiger partial charge on any atom is -0.325 e. The number of carbonyl (C=O) groups excluding carboxylic acids is 1. The number of benzene rings is 1. The van der Waals surface area contributed by atoms with Gasteiger partial charge in [0.25, 0.3) is 0 Å². The Balaban J connectivity index is 2.02. The second-order valence-electron chi connectivity index (χ2n) is 4.77. The van der Waals surface area contributed by atoms with Crippen LogP contribution in [0.2, 0.25) is 0 Å². The largest absolute Gasteiger partial charge is 0.325 e. The number of hydrogen-bond acceptors (Lipinski definition) is 4. The first kappa shape index (κ1) is 14.2. The van der Waals surface area contributed by atoms with Gasteiger partial charge in [0.2, 0.25) is 5.91 Å². The Bertz CT molecular complexity index is 549. The Labute approximate surface area is 118 Å². The minimum absolute atomic E-state index is 0.155. The van der Waals surface area contributed by atoms with Gasteiger partial charge in [-0.2, -0.15) is 15.0 Å². The smallest absolute Gasteiger partial charge is 0.241 e. The molecule has 6 heteroatoms. The van der Waals surface area contributed by atoms with E-state index in [0.717, 1.165) is 12.1 Å². The number of amides is 1. The van der Waals surface area contributed by atoms with Crippen LogP contribution in [0.4, 0.5) is 5.69 Å². The molecule has 0 saturated heterocycles. The van der Waals surface area contributed by atoms with Crippen molar-refractivity contribution in [3.05, 3.63) is 36.7 Å². The van der Waals surface area contributed by atoms with Crippen LogP contribution in [0, 0.1) is 5.92 Å². The van der Waals surface area contributed by atoms with E-state index >= 15 is 0 Å². The molecular formula is C14H19N5O. The van der Waals surface area contributed by atoms with Gasteiger partial charge in [-0.25, -0.2) is 0 Å². The monoisotopic (exact) mass is 273 g/mol. The predicted molar refractivity (Wildman–Crippen MR) is 77.4 cm³/mol. The van der Waals surface area contributed by atoms with Crippen LogP contribution in [0.5, 0.6) is 0 Å². The number of rotatable bonds is 5. The van der Waals surface area contributed by atoms with Gasteiger partial charge in [0.1, 0.15) is 0 Å². The molecule has 0 aliphatic carbocycles. The lowest BCUT2D eigenvalue weighted by Gasteiger charge is -2.17. The van der Waals surface area contributed by atoms with Gasteiger partial charge in [0.15, 0.2) is 0 Å². The van der Waals surface area contributed by atoms with Crippen LogP contribution in [0.3, 0.4) is 0 Å². The Morgan fingerprint density at radius 1 is 1.30 bits per heavy atom. The lowest BCUT2D eigenvalue weighted by atomic mass is 9.99. The van der Waals surface area contributed by atoms with Crippen LogP contribution in [-0.2, 0) is 4.79 Å². The third kappa shape index (κ3) is 3.21. The lowest BCUT2D eigenvalue weighted by Crippen LogP contribution is -2.40. The van der Waals surface area contributed by atoms with Crippen molar-refractivity contribution in [3.63, 3.8) is 0 Å². The fourth-order valence-corrected chi connectivity index (χ4v) is 1.77. The summed E-state index contributed by atoms with van der Waals surface area (Å²) in [5.74, 6) is -0.00754. The summed E-state index contributed by atoms with van der Waals surface area (Å²) in [5.41, 5.74) is 7.44. The molecule has 106 valence electrons. The van der Waals surface area contributed by atoms with Gasteiger partial charge in [-0.15, -0.1) is 0 Å². The molecule has 0 aliphatic heterocycles. The van der Waals surface area contributed by atoms with Crippen molar-refractivity contribution in [1.29, 1.82) is 0 Å². The fraction of sp³-hybridized carbons (Fsp3) is 0.357. The highest BCUT2D eigenvalue weighted by atomic mass is 16.2. The average molecular weight is 273 g/mol. The standard InChI is InChI=1S/C14H19N5O/c1-3-10(2)13(15)14(20)18-11-4-6-12(7-5-11)19-16-8-9-17-19/h4-10,13H,3,15H2,1-2H3,(H,18,20)/t10-,13-/m0/s1. The maximum Gasteiger partial charge on any atom is 0.241 e. The Morgan fingerprint density at radius 3 is 2.45 bits per heavy atom. The zero-order chi connectivity index (χ0) is 14.5. The summed E-state index contributed by atoms with van der Waals surface area (Å²) in [6.45, 7) is 3.99. The first-order chi connectivity index (χ1) is 9.61. The minimum atomic E-state index is -0.493. The molecule has 1 heterocycles. The molecule has 20 heavy (non-hydrogen) atoms. The van der Waals surface area contributed by atoms with Crippen molar-refractivity contribution in [3.8, 4) is 5.69 Å². The summed E-state index contributed by atoms with van der Waals surface area (Å²) >= 11 is 0. The highest BCUT2D eigenvalue weighted by Gasteiger charge is 2.19. The second kappa shape index (κ2) is 6.29. The van der Waals surface area contributed by atoms with Crippen molar-refractivity contribution in [2.45, 2.75) is 26.3 Å². The molecule has 0 aliphatic rings. The summed E-state index contributed by atoms with van der Waals surface area (Å²) in [6.07, 6.45) is 4.10. The van der Waals surface area contributed by atoms with E-state index in [1.807, 2.05) is 26.0 Å². The van der Waals surface area contributed by atoms with Crippen molar-refractivity contribution in [1.82, 2.24) is 15.0 Å². The molecule has 1 aromatic carbocycles. The maximum atomic E-state index is 12.0. The molecule has 2 rings (SSSR count). The number of anilines is 1. The van der Waals surface area contributed by atoms with E-state index in [9.17, 15) is 4.79 Å². The second-order valence-corrected chi connectivity index (χ2v) is 4.77. The number of carbonyl (C=O) groups is 1. The van der Waals surface area contributed by atoms with Gasteiger partial charge in [0, 0.05) is 5.69 Å². The summed E-state index contributed by atoms with van der Waals surface area (Å²) < 4.78 is 0. The van der Waals surface area contributed by atoms with E-state index in [1.54, 1.807) is 24.5 Å². The third-order valence-corrected chi connectivity index (χ3v) is 3.34. The van der Waals surface area contributed by atoms with Crippen molar-refractivity contribution in [2.24, 2.45) is 11.7 Å². The van der Waals surface area contributed by atoms with Gasteiger partial charge < -0.3 is 11.1 Å². The highest BCUT2D eigenvalue weighted by molar-refractivity contribution is 5.94. The van der Waals surface area contributed by atoms with E-state index in [-0.39, 0.29) is 11.8 Å². The normalized spacial score (nSPS) is 13.8. The number of nitrogens with two attached hydrogens (primary N) is 1. The summed E-state index contributed by atoms with van der Waals surface area (Å²) in [4.78, 5) is 13.5. The molecule has 0 bridgehead atoms. The molecule has 1 amide bonds. The van der Waals surface area contributed by atoms with Crippen LogP contribution in [0.15, 0.2) is 36.7 Å². The first-order valence-corrected chi connectivity index (χ1v) is 6.65. The predicted octanol–water partition coefficient (Wildman–Crippen LogP) is 1.58. The van der Waals surface area contributed by atoms with Crippen LogP contribution in [-0.4, -0.2) is 26.9 Å². The van der Waals surface area contributed by atoms with Gasteiger partial charge in [-0.1, -0.05) is 20.3 Å². The van der Waals surface area contributed by atoms with Crippen LogP contribution in [0.25, 0.3) is 5.69 Å². The van der Waals surface area contributed by atoms with E-state index in [2.05, 4.69) is 15.5 Å². The van der Waals surface area contributed by atoms with E-state index < -0.39 is 6.04 Å². The topological polar surface area (TPSA) is 85.8 Å². The van der Waals surface area contributed by atoms with Crippen molar-refractivity contribution < 1.29 is 4.79 Å². The molecule has 2 atom stereocenters. The van der Waals surface area contributed by atoms with Gasteiger partial charge >= 0.3 is 0 Å². The Morgan fingerprint density at radius 2 is 1.90 bits per heavy atom. The van der Waals surface area contributed by atoms with Crippen molar-refractivity contribution >= 4 is 11.6 Å². The van der Waals surface area contributed by atoms with Crippen LogP contribution in [0.1, 0.15) is 20.3 Å². The summed E-state index contributed by atoms with van der Waals surface area (Å²) in [7, 11) is 0. The zero-order valence-electron chi connectivity index (χ0n) is 11.7. The zero-order valence-corrected chi connectivity index (χ0v) is 11.7. The SMILES string of the molecule is CC[C@H](C)[C@H](N)C(=O)Nc1ccc(-n2nccn2)cc1. The summed E-state index contributed by atoms with van der Waals surface area (Å²) in [6, 6.07) is 6.79. The van der Waals surface area contributed by atoms with E-state index in [0.29, 0.717) is 5.69 Å². The van der Waals surface area contributed by atoms with E-state index in [1.165, 1.54) is 4.80 Å². The first-order valence-electron chi connectivity index (χ1n) is 6.65. The number of aromatic nitrogens is 3. The third-order valence-electron chi connectivity index (χ3n) is 3.34. The molecule has 3 N–H and O–H groups in total. The fourth-order valence-electron chi connectivity index (χ4n) is 1.77.